The molecule has 2 heterocycles. The average molecular weight is 301 g/mol. The number of nitrogens with one attached hydrogen (secondary N) is 1. The molecule has 0 aliphatic carbocycles. The van der Waals surface area contributed by atoms with Gasteiger partial charge in [0.1, 0.15) is 0 Å². The molecular formula is C13H20FN3O2S. The molecular weight excluding hydrogens is 281 g/mol. The normalized spacial score (nSPS) is 24.8. The second-order valence-electron chi connectivity index (χ2n) is 5.01. The van der Waals surface area contributed by atoms with Gasteiger partial charge in [0, 0.05) is 25.3 Å². The lowest BCUT2D eigenvalue weighted by molar-refractivity contribution is 0.208. The molecule has 20 heavy (non-hydrogen) atoms. The highest BCUT2D eigenvalue weighted by Crippen LogP contribution is 2.25. The Bertz CT molecular complexity index is 564. The largest absolute Gasteiger partial charge is 0.317 e. The van der Waals surface area contributed by atoms with E-state index in [-0.39, 0.29) is 5.92 Å². The summed E-state index contributed by atoms with van der Waals surface area (Å²) >= 11 is 0. The first-order valence-electron chi connectivity index (χ1n) is 6.78. The third-order valence-corrected chi connectivity index (χ3v) is 5.70. The maximum Gasteiger partial charge on any atom is 0.263 e. The molecule has 1 fully saturated rings. The Hall–Kier alpha value is -1.05. The van der Waals surface area contributed by atoms with Crippen LogP contribution in [0.4, 0.5) is 4.39 Å². The van der Waals surface area contributed by atoms with Gasteiger partial charge in [0.15, 0.2) is 5.82 Å². The van der Waals surface area contributed by atoms with Gasteiger partial charge in [-0.25, -0.2) is 17.8 Å². The number of hydrogen-bond donors (Lipinski definition) is 1. The fourth-order valence-corrected chi connectivity index (χ4v) is 4.18. The summed E-state index contributed by atoms with van der Waals surface area (Å²) in [5, 5.41) is 2.74. The van der Waals surface area contributed by atoms with Crippen LogP contribution in [0.3, 0.4) is 0 Å². The third kappa shape index (κ3) is 2.84. The van der Waals surface area contributed by atoms with Crippen LogP contribution in [0, 0.1) is 11.7 Å². The van der Waals surface area contributed by atoms with Gasteiger partial charge >= 0.3 is 0 Å². The molecule has 1 saturated heterocycles. The summed E-state index contributed by atoms with van der Waals surface area (Å²) in [6.07, 6.45) is 2.90. The molecule has 2 atom stereocenters. The Morgan fingerprint density at radius 1 is 1.55 bits per heavy atom. The summed E-state index contributed by atoms with van der Waals surface area (Å²) in [5.41, 5.74) is 0. The van der Waals surface area contributed by atoms with Crippen LogP contribution in [0.15, 0.2) is 23.4 Å². The SMILES string of the molecule is CCC1CN(S(=O)(=O)c2ncccc2F)CCC1NC. The summed E-state index contributed by atoms with van der Waals surface area (Å²) in [6, 6.07) is 2.81. The van der Waals surface area contributed by atoms with E-state index in [4.69, 9.17) is 0 Å². The maximum atomic E-state index is 13.7. The van der Waals surface area contributed by atoms with Crippen LogP contribution in [-0.4, -0.2) is 43.9 Å². The second kappa shape index (κ2) is 6.15. The molecule has 5 nitrogen and oxygen atoms in total. The predicted molar refractivity (Wildman–Crippen MR) is 74.2 cm³/mol. The molecule has 2 rings (SSSR count). The van der Waals surface area contributed by atoms with E-state index in [1.807, 2.05) is 14.0 Å². The van der Waals surface area contributed by atoms with Gasteiger partial charge in [-0.3, -0.25) is 0 Å². The lowest BCUT2D eigenvalue weighted by Crippen LogP contribution is -2.50. The minimum absolute atomic E-state index is 0.232. The van der Waals surface area contributed by atoms with E-state index < -0.39 is 20.9 Å². The number of piperidine rings is 1. The minimum atomic E-state index is -3.85. The molecule has 0 spiro atoms. The maximum absolute atomic E-state index is 13.7. The van der Waals surface area contributed by atoms with Crippen LogP contribution in [0.1, 0.15) is 19.8 Å². The summed E-state index contributed by atoms with van der Waals surface area (Å²) < 4.78 is 40.0. The fourth-order valence-electron chi connectivity index (χ4n) is 2.69. The molecule has 0 aromatic carbocycles. The summed E-state index contributed by atoms with van der Waals surface area (Å²) in [4.78, 5) is 3.69. The smallest absolute Gasteiger partial charge is 0.263 e. The lowest BCUT2D eigenvalue weighted by atomic mass is 9.91. The Kier molecular flexibility index (Phi) is 4.72. The Balaban J connectivity index is 2.26. The summed E-state index contributed by atoms with van der Waals surface area (Å²) in [6.45, 7) is 2.83. The fraction of sp³-hybridized carbons (Fsp3) is 0.615. The molecule has 112 valence electrons. The van der Waals surface area contributed by atoms with Crippen LogP contribution in [-0.2, 0) is 10.0 Å². The van der Waals surface area contributed by atoms with E-state index in [1.165, 1.54) is 16.6 Å². The van der Waals surface area contributed by atoms with Crippen molar-refractivity contribution in [3.05, 3.63) is 24.1 Å². The van der Waals surface area contributed by atoms with Crippen molar-refractivity contribution in [3.8, 4) is 0 Å². The highest BCUT2D eigenvalue weighted by molar-refractivity contribution is 7.89. The molecule has 1 N–H and O–H groups in total. The highest BCUT2D eigenvalue weighted by Gasteiger charge is 2.36. The average Bonchev–Trinajstić information content (AvgIpc) is 2.46. The first-order chi connectivity index (χ1) is 9.50. The zero-order valence-corrected chi connectivity index (χ0v) is 12.5. The van der Waals surface area contributed by atoms with Gasteiger partial charge in [-0.1, -0.05) is 13.3 Å². The van der Waals surface area contributed by atoms with E-state index in [1.54, 1.807) is 0 Å². The Morgan fingerprint density at radius 3 is 2.90 bits per heavy atom. The quantitative estimate of drug-likeness (QED) is 0.908. The van der Waals surface area contributed by atoms with Crippen molar-refractivity contribution in [3.63, 3.8) is 0 Å². The number of nitrogens with zero attached hydrogens (tertiary/aromatic N) is 2. The van der Waals surface area contributed by atoms with Gasteiger partial charge in [0.05, 0.1) is 0 Å². The van der Waals surface area contributed by atoms with Gasteiger partial charge in [-0.2, -0.15) is 4.31 Å². The number of rotatable bonds is 4. The molecule has 2 unspecified atom stereocenters. The predicted octanol–water partition coefficient (Wildman–Crippen LogP) is 1.23. The molecule has 7 heteroatoms. The summed E-state index contributed by atoms with van der Waals surface area (Å²) in [5.74, 6) is -0.563. The Morgan fingerprint density at radius 2 is 2.30 bits per heavy atom. The molecule has 1 aromatic heterocycles. The van der Waals surface area contributed by atoms with E-state index >= 15 is 0 Å². The molecule has 1 aliphatic heterocycles. The zero-order chi connectivity index (χ0) is 14.8. The molecule has 0 saturated carbocycles. The summed E-state index contributed by atoms with van der Waals surface area (Å²) in [7, 11) is -1.96. The number of pyridine rings is 1. The third-order valence-electron chi connectivity index (χ3n) is 3.90. The topological polar surface area (TPSA) is 62.3 Å². The van der Waals surface area contributed by atoms with Crippen LogP contribution in [0.25, 0.3) is 0 Å². The highest BCUT2D eigenvalue weighted by atomic mass is 32.2. The van der Waals surface area contributed by atoms with Crippen molar-refractivity contribution < 1.29 is 12.8 Å². The zero-order valence-electron chi connectivity index (χ0n) is 11.7. The monoisotopic (exact) mass is 301 g/mol. The van der Waals surface area contributed by atoms with Crippen molar-refractivity contribution in [1.29, 1.82) is 0 Å². The van der Waals surface area contributed by atoms with Crippen LogP contribution in [0.5, 0.6) is 0 Å². The molecule has 0 bridgehead atoms. The molecule has 1 aliphatic rings. The van der Waals surface area contributed by atoms with Gasteiger partial charge in [0.25, 0.3) is 10.0 Å². The van der Waals surface area contributed by atoms with Gasteiger partial charge in [-0.05, 0) is 31.5 Å². The van der Waals surface area contributed by atoms with E-state index in [2.05, 4.69) is 10.3 Å². The van der Waals surface area contributed by atoms with Crippen molar-refractivity contribution in [1.82, 2.24) is 14.6 Å². The van der Waals surface area contributed by atoms with Crippen molar-refractivity contribution in [2.75, 3.05) is 20.1 Å². The second-order valence-corrected chi connectivity index (χ2v) is 6.86. The van der Waals surface area contributed by atoms with Gasteiger partial charge in [-0.15, -0.1) is 0 Å². The minimum Gasteiger partial charge on any atom is -0.317 e. The van der Waals surface area contributed by atoms with Crippen molar-refractivity contribution in [2.24, 2.45) is 5.92 Å². The molecule has 1 aromatic rings. The number of sulfonamides is 1. The number of hydrogen-bond acceptors (Lipinski definition) is 4. The standard InChI is InChI=1S/C13H20FN3O2S/c1-3-10-9-17(8-6-12(10)15-2)20(18,19)13-11(14)5-4-7-16-13/h4-5,7,10,12,15H,3,6,8-9H2,1-2H3. The van der Waals surface area contributed by atoms with E-state index in [9.17, 15) is 12.8 Å². The van der Waals surface area contributed by atoms with Crippen LogP contribution >= 0.6 is 0 Å². The molecule has 0 radical (unpaired) electrons. The number of aromatic nitrogens is 1. The lowest BCUT2D eigenvalue weighted by Gasteiger charge is -2.37. The van der Waals surface area contributed by atoms with E-state index in [0.29, 0.717) is 19.1 Å². The number of halogens is 1. The molecule has 0 amide bonds. The van der Waals surface area contributed by atoms with E-state index in [0.717, 1.165) is 18.9 Å². The van der Waals surface area contributed by atoms with Crippen LogP contribution < -0.4 is 5.32 Å². The van der Waals surface area contributed by atoms with Crippen molar-refractivity contribution in [2.45, 2.75) is 30.8 Å². The first kappa shape index (κ1) is 15.3. The van der Waals surface area contributed by atoms with Crippen LogP contribution in [0.2, 0.25) is 0 Å². The first-order valence-corrected chi connectivity index (χ1v) is 8.22. The Labute approximate surface area is 119 Å². The van der Waals surface area contributed by atoms with Gasteiger partial charge in [0.2, 0.25) is 5.03 Å². The van der Waals surface area contributed by atoms with Crippen molar-refractivity contribution >= 4 is 10.0 Å². The van der Waals surface area contributed by atoms with Gasteiger partial charge < -0.3 is 5.32 Å².